The normalized spacial score (nSPS) is 25.1. The highest BCUT2D eigenvalue weighted by atomic mass is 32.2. The van der Waals surface area contributed by atoms with Crippen LogP contribution in [0.25, 0.3) is 0 Å². The molecule has 2 unspecified atom stereocenters. The van der Waals surface area contributed by atoms with E-state index >= 15 is 0 Å². The fourth-order valence-electron chi connectivity index (χ4n) is 2.48. The molecule has 0 aliphatic carbocycles. The molecule has 0 amide bonds. The van der Waals surface area contributed by atoms with Gasteiger partial charge in [-0.05, 0) is 53.0 Å². The summed E-state index contributed by atoms with van der Waals surface area (Å²) in [7, 11) is -3.18. The van der Waals surface area contributed by atoms with E-state index < -0.39 is 14.8 Å². The third-order valence-corrected chi connectivity index (χ3v) is 6.33. The van der Waals surface area contributed by atoms with Gasteiger partial charge >= 0.3 is 0 Å². The van der Waals surface area contributed by atoms with Crippen molar-refractivity contribution in [2.45, 2.75) is 58.2 Å². The Morgan fingerprint density at radius 3 is 2.50 bits per heavy atom. The molecule has 0 spiro atoms. The predicted octanol–water partition coefficient (Wildman–Crippen LogP) is 1.82. The second-order valence-corrected chi connectivity index (χ2v) is 8.92. The van der Waals surface area contributed by atoms with Crippen LogP contribution in [-0.2, 0) is 10.0 Å². The average molecular weight is 276 g/mol. The summed E-state index contributed by atoms with van der Waals surface area (Å²) in [5.41, 5.74) is 0. The Morgan fingerprint density at radius 2 is 2.00 bits per heavy atom. The van der Waals surface area contributed by atoms with Gasteiger partial charge in [0.1, 0.15) is 0 Å². The summed E-state index contributed by atoms with van der Waals surface area (Å²) >= 11 is 0. The summed E-state index contributed by atoms with van der Waals surface area (Å²) in [5, 5.41) is 3.40. The fourth-order valence-corrected chi connectivity index (χ4v) is 4.01. The maximum Gasteiger partial charge on any atom is 0.219 e. The Hall–Kier alpha value is -0.130. The topological polar surface area (TPSA) is 49.4 Å². The third kappa shape index (κ3) is 3.45. The summed E-state index contributed by atoms with van der Waals surface area (Å²) in [6.07, 6.45) is 2.08. The van der Waals surface area contributed by atoms with Gasteiger partial charge < -0.3 is 5.32 Å². The van der Waals surface area contributed by atoms with Crippen LogP contribution in [0.1, 0.15) is 47.5 Å². The summed E-state index contributed by atoms with van der Waals surface area (Å²) in [6, 6.07) is 0.382. The van der Waals surface area contributed by atoms with Gasteiger partial charge in [0.25, 0.3) is 0 Å². The zero-order chi connectivity index (χ0) is 14.0. The summed E-state index contributed by atoms with van der Waals surface area (Å²) in [6.45, 7) is 11.8. The molecule has 0 radical (unpaired) electrons. The Bertz CT molecular complexity index is 360. The number of rotatable bonds is 4. The third-order valence-electron chi connectivity index (χ3n) is 3.77. The van der Waals surface area contributed by atoms with Crippen molar-refractivity contribution in [1.82, 2.24) is 9.62 Å². The lowest BCUT2D eigenvalue weighted by atomic mass is 9.93. The first-order valence-electron chi connectivity index (χ1n) is 6.93. The van der Waals surface area contributed by atoms with Crippen LogP contribution in [0, 0.1) is 5.92 Å². The van der Waals surface area contributed by atoms with Crippen molar-refractivity contribution in [2.75, 3.05) is 19.6 Å². The number of piperidine rings is 1. The SMILES string of the molecule is CCNC(C)C1CCCN(S(=O)(=O)C(C)(C)C)C1. The second kappa shape index (κ2) is 5.88. The van der Waals surface area contributed by atoms with E-state index in [9.17, 15) is 8.42 Å². The molecule has 1 rings (SSSR count). The van der Waals surface area contributed by atoms with E-state index in [1.807, 2.05) is 0 Å². The van der Waals surface area contributed by atoms with E-state index in [4.69, 9.17) is 0 Å². The molecular formula is C13H28N2O2S. The largest absolute Gasteiger partial charge is 0.314 e. The van der Waals surface area contributed by atoms with Gasteiger partial charge in [-0.15, -0.1) is 0 Å². The van der Waals surface area contributed by atoms with Crippen molar-refractivity contribution in [1.29, 1.82) is 0 Å². The molecule has 1 heterocycles. The van der Waals surface area contributed by atoms with Crippen LogP contribution in [-0.4, -0.2) is 43.1 Å². The van der Waals surface area contributed by atoms with Crippen LogP contribution in [0.2, 0.25) is 0 Å². The second-order valence-electron chi connectivity index (χ2n) is 6.22. The molecule has 1 N–H and O–H groups in total. The molecule has 0 aromatic carbocycles. The van der Waals surface area contributed by atoms with Crippen LogP contribution in [0.15, 0.2) is 0 Å². The monoisotopic (exact) mass is 276 g/mol. The van der Waals surface area contributed by atoms with Gasteiger partial charge in [-0.2, -0.15) is 0 Å². The summed E-state index contributed by atoms with van der Waals surface area (Å²) < 4.78 is 25.9. The van der Waals surface area contributed by atoms with Crippen LogP contribution in [0.4, 0.5) is 0 Å². The van der Waals surface area contributed by atoms with Gasteiger partial charge in [-0.3, -0.25) is 0 Å². The first-order chi connectivity index (χ1) is 8.20. The molecule has 0 saturated carbocycles. The van der Waals surface area contributed by atoms with Gasteiger partial charge in [-0.1, -0.05) is 6.92 Å². The van der Waals surface area contributed by atoms with E-state index in [0.717, 1.165) is 19.4 Å². The minimum Gasteiger partial charge on any atom is -0.314 e. The molecule has 5 heteroatoms. The Morgan fingerprint density at radius 1 is 1.39 bits per heavy atom. The molecule has 1 aliphatic heterocycles. The number of sulfonamides is 1. The zero-order valence-corrected chi connectivity index (χ0v) is 13.2. The molecule has 0 bridgehead atoms. The van der Waals surface area contributed by atoms with E-state index in [0.29, 0.717) is 25.0 Å². The van der Waals surface area contributed by atoms with Crippen LogP contribution < -0.4 is 5.32 Å². The molecule has 1 saturated heterocycles. The Labute approximate surface area is 112 Å². The lowest BCUT2D eigenvalue weighted by molar-refractivity contribution is 0.222. The smallest absolute Gasteiger partial charge is 0.219 e. The highest BCUT2D eigenvalue weighted by molar-refractivity contribution is 7.90. The zero-order valence-electron chi connectivity index (χ0n) is 12.4. The lowest BCUT2D eigenvalue weighted by Gasteiger charge is -2.38. The maximum atomic E-state index is 12.4. The van der Waals surface area contributed by atoms with Crippen LogP contribution >= 0.6 is 0 Å². The minimum absolute atomic E-state index is 0.382. The van der Waals surface area contributed by atoms with Gasteiger partial charge in [0.15, 0.2) is 0 Å². The Kier molecular flexibility index (Phi) is 5.21. The Balaban J connectivity index is 2.76. The van der Waals surface area contributed by atoms with Gasteiger partial charge in [-0.25, -0.2) is 12.7 Å². The fraction of sp³-hybridized carbons (Fsp3) is 1.00. The summed E-state index contributed by atoms with van der Waals surface area (Å²) in [5.74, 6) is 0.427. The quantitative estimate of drug-likeness (QED) is 0.852. The predicted molar refractivity (Wildman–Crippen MR) is 76.1 cm³/mol. The lowest BCUT2D eigenvalue weighted by Crippen LogP contribution is -2.50. The van der Waals surface area contributed by atoms with E-state index in [1.54, 1.807) is 25.1 Å². The minimum atomic E-state index is -3.18. The molecule has 2 atom stereocenters. The molecule has 18 heavy (non-hydrogen) atoms. The molecule has 1 aliphatic rings. The van der Waals surface area contributed by atoms with Crippen LogP contribution in [0.3, 0.4) is 0 Å². The van der Waals surface area contributed by atoms with Crippen molar-refractivity contribution in [3.63, 3.8) is 0 Å². The van der Waals surface area contributed by atoms with Crippen molar-refractivity contribution in [3.8, 4) is 0 Å². The average Bonchev–Trinajstić information content (AvgIpc) is 2.28. The first-order valence-corrected chi connectivity index (χ1v) is 8.37. The van der Waals surface area contributed by atoms with Crippen LogP contribution in [0.5, 0.6) is 0 Å². The summed E-state index contributed by atoms with van der Waals surface area (Å²) in [4.78, 5) is 0. The molecule has 0 aromatic rings. The van der Waals surface area contributed by atoms with E-state index in [1.165, 1.54) is 0 Å². The van der Waals surface area contributed by atoms with E-state index in [2.05, 4.69) is 19.2 Å². The number of hydrogen-bond donors (Lipinski definition) is 1. The molecule has 1 fully saturated rings. The van der Waals surface area contributed by atoms with Gasteiger partial charge in [0.05, 0.1) is 4.75 Å². The first kappa shape index (κ1) is 15.9. The van der Waals surface area contributed by atoms with Gasteiger partial charge in [0, 0.05) is 19.1 Å². The maximum absolute atomic E-state index is 12.4. The van der Waals surface area contributed by atoms with E-state index in [-0.39, 0.29) is 0 Å². The highest BCUT2D eigenvalue weighted by Gasteiger charge is 2.38. The molecule has 4 nitrogen and oxygen atoms in total. The number of nitrogens with one attached hydrogen (secondary N) is 1. The molecule has 108 valence electrons. The van der Waals surface area contributed by atoms with Crippen molar-refractivity contribution in [3.05, 3.63) is 0 Å². The molecular weight excluding hydrogens is 248 g/mol. The van der Waals surface area contributed by atoms with Crippen molar-refractivity contribution >= 4 is 10.0 Å². The van der Waals surface area contributed by atoms with Crippen molar-refractivity contribution in [2.24, 2.45) is 5.92 Å². The highest BCUT2D eigenvalue weighted by Crippen LogP contribution is 2.27. The van der Waals surface area contributed by atoms with Gasteiger partial charge in [0.2, 0.25) is 10.0 Å². The number of hydrogen-bond acceptors (Lipinski definition) is 3. The number of nitrogens with zero attached hydrogens (tertiary/aromatic N) is 1. The van der Waals surface area contributed by atoms with Crippen molar-refractivity contribution < 1.29 is 8.42 Å². The molecule has 0 aromatic heterocycles. The standard InChI is InChI=1S/C13H28N2O2S/c1-6-14-11(2)12-8-7-9-15(10-12)18(16,17)13(3,4)5/h11-12,14H,6-10H2,1-5H3.